The van der Waals surface area contributed by atoms with Crippen LogP contribution in [0, 0.1) is 0 Å². The molecule has 0 N–H and O–H groups in total. The topological polar surface area (TPSA) is 61.4 Å². The minimum absolute atomic E-state index is 0.100. The molecular weight excluding hydrogens is 432 g/mol. The number of rotatable bonds is 7. The molecule has 0 unspecified atom stereocenters. The molecule has 5 aromatic rings. The predicted octanol–water partition coefficient (Wildman–Crippen LogP) is 4.91. The fourth-order valence-corrected chi connectivity index (χ4v) is 4.59. The first-order chi connectivity index (χ1) is 16.3. The molecule has 164 valence electrons. The van der Waals surface area contributed by atoms with Gasteiger partial charge in [-0.1, -0.05) is 84.6 Å². The van der Waals surface area contributed by atoms with E-state index in [0.717, 1.165) is 33.3 Å². The Bertz CT molecular complexity index is 1510. The molecule has 0 saturated carbocycles. The summed E-state index contributed by atoms with van der Waals surface area (Å²) in [6.45, 7) is 0.341. The van der Waals surface area contributed by atoms with Crippen molar-refractivity contribution in [1.29, 1.82) is 0 Å². The summed E-state index contributed by atoms with van der Waals surface area (Å²) in [6.07, 6.45) is 4.19. The van der Waals surface area contributed by atoms with Crippen molar-refractivity contribution in [2.24, 2.45) is 0 Å². The Morgan fingerprint density at radius 2 is 1.70 bits per heavy atom. The van der Waals surface area contributed by atoms with Crippen LogP contribution in [0.3, 0.4) is 0 Å². The van der Waals surface area contributed by atoms with Crippen LogP contribution in [0.1, 0.15) is 11.1 Å². The van der Waals surface area contributed by atoms with E-state index >= 15 is 0 Å². The maximum atomic E-state index is 13.4. The average molecular weight is 455 g/mol. The first-order valence-electron chi connectivity index (χ1n) is 10.6. The number of para-hydroxylation sites is 2. The highest BCUT2D eigenvalue weighted by Gasteiger charge is 2.17. The number of benzene rings is 3. The molecule has 0 atom stereocenters. The summed E-state index contributed by atoms with van der Waals surface area (Å²) in [5.41, 5.74) is 2.76. The van der Waals surface area contributed by atoms with Gasteiger partial charge in [0.1, 0.15) is 5.75 Å². The van der Waals surface area contributed by atoms with Crippen LogP contribution in [-0.4, -0.2) is 32.0 Å². The second kappa shape index (κ2) is 9.34. The van der Waals surface area contributed by atoms with Gasteiger partial charge in [-0.05, 0) is 23.8 Å². The minimum Gasteiger partial charge on any atom is -0.496 e. The van der Waals surface area contributed by atoms with E-state index in [4.69, 9.17) is 4.74 Å². The highest BCUT2D eigenvalue weighted by molar-refractivity contribution is 7.99. The van der Waals surface area contributed by atoms with Gasteiger partial charge in [-0.2, -0.15) is 0 Å². The summed E-state index contributed by atoms with van der Waals surface area (Å²) < 4.78 is 9.12. The number of hydrogen-bond acceptors (Lipinski definition) is 5. The van der Waals surface area contributed by atoms with Crippen LogP contribution in [-0.2, 0) is 6.54 Å². The molecule has 2 heterocycles. The number of hydrogen-bond donors (Lipinski definition) is 0. The van der Waals surface area contributed by atoms with Gasteiger partial charge < -0.3 is 4.74 Å². The van der Waals surface area contributed by atoms with E-state index in [-0.39, 0.29) is 5.56 Å². The van der Waals surface area contributed by atoms with Crippen molar-refractivity contribution in [3.63, 3.8) is 0 Å². The average Bonchev–Trinajstić information content (AvgIpc) is 3.29. The second-order valence-corrected chi connectivity index (χ2v) is 8.45. The summed E-state index contributed by atoms with van der Waals surface area (Å²) in [6, 6.07) is 25.5. The molecule has 7 heteroatoms. The van der Waals surface area contributed by atoms with Gasteiger partial charge in [0.15, 0.2) is 5.16 Å². The molecule has 0 aliphatic heterocycles. The molecule has 0 aliphatic carbocycles. The molecule has 3 aromatic carbocycles. The standard InChI is InChI=1S/C26H22N4O2S/c1-32-23-16-8-5-13-20(23)18-29-24(31)21-14-6-7-15-22(21)30-25(29)27-28-26(30)33-17-9-12-19-10-3-2-4-11-19/h2-16H,17-18H2,1H3/b12-9+. The number of thioether (sulfide) groups is 1. The van der Waals surface area contributed by atoms with E-state index in [2.05, 4.69) is 34.5 Å². The maximum Gasteiger partial charge on any atom is 0.263 e. The lowest BCUT2D eigenvalue weighted by molar-refractivity contribution is 0.408. The van der Waals surface area contributed by atoms with Gasteiger partial charge in [-0.15, -0.1) is 10.2 Å². The lowest BCUT2D eigenvalue weighted by Crippen LogP contribution is -2.24. The number of nitrogens with zero attached hydrogens (tertiary/aromatic N) is 4. The molecule has 0 fully saturated rings. The minimum atomic E-state index is -0.100. The molecule has 0 amide bonds. The molecule has 6 nitrogen and oxygen atoms in total. The van der Waals surface area contributed by atoms with Crippen molar-refractivity contribution >= 4 is 34.5 Å². The Balaban J connectivity index is 1.56. The summed E-state index contributed by atoms with van der Waals surface area (Å²) in [5, 5.41) is 10.2. The largest absolute Gasteiger partial charge is 0.496 e. The Morgan fingerprint density at radius 1 is 0.939 bits per heavy atom. The summed E-state index contributed by atoms with van der Waals surface area (Å²) >= 11 is 1.58. The van der Waals surface area contributed by atoms with Crippen LogP contribution in [0.5, 0.6) is 5.75 Å². The highest BCUT2D eigenvalue weighted by Crippen LogP contribution is 2.24. The molecule has 33 heavy (non-hydrogen) atoms. The second-order valence-electron chi connectivity index (χ2n) is 7.46. The fourth-order valence-electron chi connectivity index (χ4n) is 3.84. The smallest absolute Gasteiger partial charge is 0.263 e. The number of ether oxygens (including phenoxy) is 1. The molecule has 2 aromatic heterocycles. The zero-order chi connectivity index (χ0) is 22.6. The molecular formula is C26H22N4O2S. The first-order valence-corrected chi connectivity index (χ1v) is 11.6. The van der Waals surface area contributed by atoms with Crippen molar-refractivity contribution in [2.45, 2.75) is 11.7 Å². The molecule has 0 bridgehead atoms. The van der Waals surface area contributed by atoms with E-state index in [1.54, 1.807) is 23.4 Å². The highest BCUT2D eigenvalue weighted by atomic mass is 32.2. The Morgan fingerprint density at radius 3 is 2.55 bits per heavy atom. The summed E-state index contributed by atoms with van der Waals surface area (Å²) in [5.74, 6) is 1.98. The molecule has 0 radical (unpaired) electrons. The Kier molecular flexibility index (Phi) is 5.95. The lowest BCUT2D eigenvalue weighted by atomic mass is 10.2. The van der Waals surface area contributed by atoms with Gasteiger partial charge in [-0.25, -0.2) is 0 Å². The van der Waals surface area contributed by atoms with Gasteiger partial charge >= 0.3 is 0 Å². The monoisotopic (exact) mass is 454 g/mol. The summed E-state index contributed by atoms with van der Waals surface area (Å²) in [4.78, 5) is 13.4. The van der Waals surface area contributed by atoms with Crippen LogP contribution < -0.4 is 10.3 Å². The van der Waals surface area contributed by atoms with Gasteiger partial charge in [0.05, 0.1) is 24.6 Å². The Labute approximate surface area is 195 Å². The van der Waals surface area contributed by atoms with Crippen LogP contribution in [0.25, 0.3) is 22.8 Å². The normalized spacial score (nSPS) is 11.5. The van der Waals surface area contributed by atoms with Gasteiger partial charge in [-0.3, -0.25) is 13.8 Å². The fraction of sp³-hybridized carbons (Fsp3) is 0.115. The number of aromatic nitrogens is 4. The molecule has 0 aliphatic rings. The molecule has 0 spiro atoms. The van der Waals surface area contributed by atoms with Crippen molar-refractivity contribution in [1.82, 2.24) is 19.2 Å². The summed E-state index contributed by atoms with van der Waals surface area (Å²) in [7, 11) is 1.63. The van der Waals surface area contributed by atoms with Gasteiger partial charge in [0.2, 0.25) is 5.78 Å². The van der Waals surface area contributed by atoms with Crippen molar-refractivity contribution < 1.29 is 4.74 Å². The zero-order valence-corrected chi connectivity index (χ0v) is 18.9. The van der Waals surface area contributed by atoms with E-state index in [0.29, 0.717) is 17.7 Å². The maximum absolute atomic E-state index is 13.4. The third-order valence-electron chi connectivity index (χ3n) is 5.42. The van der Waals surface area contributed by atoms with E-state index < -0.39 is 0 Å². The van der Waals surface area contributed by atoms with E-state index in [9.17, 15) is 4.79 Å². The number of fused-ring (bicyclic) bond motifs is 3. The first kappa shape index (κ1) is 21.0. The lowest BCUT2D eigenvalue weighted by Gasteiger charge is -2.13. The van der Waals surface area contributed by atoms with Gasteiger partial charge in [0, 0.05) is 11.3 Å². The number of methoxy groups -OCH3 is 1. The molecule has 5 rings (SSSR count). The molecule has 0 saturated heterocycles. The van der Waals surface area contributed by atoms with Crippen molar-refractivity contribution in [3.8, 4) is 5.75 Å². The van der Waals surface area contributed by atoms with Gasteiger partial charge in [0.25, 0.3) is 5.56 Å². The van der Waals surface area contributed by atoms with E-state index in [1.807, 2.05) is 71.1 Å². The van der Waals surface area contributed by atoms with Crippen LogP contribution in [0.2, 0.25) is 0 Å². The van der Waals surface area contributed by atoms with Crippen LogP contribution in [0.4, 0.5) is 0 Å². The van der Waals surface area contributed by atoms with Crippen molar-refractivity contribution in [3.05, 3.63) is 106 Å². The van der Waals surface area contributed by atoms with Crippen LogP contribution >= 0.6 is 11.8 Å². The Hall–Kier alpha value is -3.84. The quantitative estimate of drug-likeness (QED) is 0.327. The third-order valence-corrected chi connectivity index (χ3v) is 6.30. The third kappa shape index (κ3) is 4.15. The predicted molar refractivity (Wildman–Crippen MR) is 133 cm³/mol. The van der Waals surface area contributed by atoms with Crippen LogP contribution in [0.15, 0.2) is 94.9 Å². The zero-order valence-electron chi connectivity index (χ0n) is 18.1. The SMILES string of the molecule is COc1ccccc1Cn1c(=O)c2ccccc2n2c(SC/C=C/c3ccccc3)nnc12. The van der Waals surface area contributed by atoms with E-state index in [1.165, 1.54) is 0 Å². The van der Waals surface area contributed by atoms with Crippen molar-refractivity contribution in [2.75, 3.05) is 12.9 Å².